The van der Waals surface area contributed by atoms with E-state index in [9.17, 15) is 24.2 Å². The van der Waals surface area contributed by atoms with Gasteiger partial charge in [0.05, 0.1) is 29.8 Å². The number of hydrogen-bond acceptors (Lipinski definition) is 8. The van der Waals surface area contributed by atoms with Crippen molar-refractivity contribution in [3.63, 3.8) is 0 Å². The van der Waals surface area contributed by atoms with Gasteiger partial charge in [-0.3, -0.25) is 15.0 Å². The van der Waals surface area contributed by atoms with Crippen molar-refractivity contribution in [1.82, 2.24) is 9.97 Å². The number of fused-ring (bicyclic) bond motifs is 1. The number of phenolic OH excluding ortho intramolecular Hbond substituents is 2. The molecule has 1 aromatic heterocycles. The Bertz CT molecular complexity index is 1580. The molecule has 4 rings (SSSR count). The van der Waals surface area contributed by atoms with Crippen molar-refractivity contribution in [2.75, 3.05) is 13.2 Å². The minimum absolute atomic E-state index is 0.0382. The van der Waals surface area contributed by atoms with Crippen LogP contribution in [0.3, 0.4) is 0 Å². The van der Waals surface area contributed by atoms with Crippen LogP contribution in [0, 0.1) is 11.2 Å². The first kappa shape index (κ1) is 27.1. The Balaban J connectivity index is 1.91. The average Bonchev–Trinajstić information content (AvgIpc) is 3.30. The molecular weight excluding hydrogens is 507 g/mol. The Labute approximate surface area is 222 Å². The van der Waals surface area contributed by atoms with E-state index in [0.717, 1.165) is 12.1 Å². The number of nitrogens with two attached hydrogens (primary N) is 1. The Morgan fingerprint density at radius 1 is 1.03 bits per heavy atom. The van der Waals surface area contributed by atoms with Gasteiger partial charge < -0.3 is 30.4 Å². The molecule has 0 aliphatic heterocycles. The highest BCUT2D eigenvalue weighted by atomic mass is 19.1. The van der Waals surface area contributed by atoms with E-state index < -0.39 is 23.7 Å². The van der Waals surface area contributed by atoms with Gasteiger partial charge in [0, 0.05) is 36.5 Å². The molecule has 6 N–H and O–H groups in total. The van der Waals surface area contributed by atoms with Crippen molar-refractivity contribution in [1.29, 1.82) is 5.41 Å². The summed E-state index contributed by atoms with van der Waals surface area (Å²) in [6.07, 6.45) is 0.272. The monoisotopic (exact) mass is 534 g/mol. The van der Waals surface area contributed by atoms with Crippen molar-refractivity contribution >= 4 is 28.8 Å². The van der Waals surface area contributed by atoms with Crippen molar-refractivity contribution < 1.29 is 33.7 Å². The van der Waals surface area contributed by atoms with Gasteiger partial charge >= 0.3 is 11.9 Å². The second-order valence-corrected chi connectivity index (χ2v) is 8.99. The summed E-state index contributed by atoms with van der Waals surface area (Å²) in [5, 5.41) is 29.6. The lowest BCUT2D eigenvalue weighted by atomic mass is 9.90. The molecule has 0 spiro atoms. The summed E-state index contributed by atoms with van der Waals surface area (Å²) in [6.45, 7) is 2.53. The number of H-pyrrole nitrogens is 1. The minimum Gasteiger partial charge on any atom is -0.507 e. The van der Waals surface area contributed by atoms with Crippen LogP contribution in [0.25, 0.3) is 33.5 Å². The maximum Gasteiger partial charge on any atom is 0.302 e. The van der Waals surface area contributed by atoms with Crippen LogP contribution in [0.15, 0.2) is 48.5 Å². The summed E-state index contributed by atoms with van der Waals surface area (Å²) in [5.74, 6) is -2.50. The molecule has 0 bridgehead atoms. The van der Waals surface area contributed by atoms with Gasteiger partial charge in [-0.25, -0.2) is 9.37 Å². The molecule has 4 aromatic rings. The number of rotatable bonds is 9. The zero-order valence-electron chi connectivity index (χ0n) is 21.2. The Kier molecular flexibility index (Phi) is 7.80. The van der Waals surface area contributed by atoms with Gasteiger partial charge in [0.25, 0.3) is 0 Å². The lowest BCUT2D eigenvalue weighted by Crippen LogP contribution is -2.14. The van der Waals surface area contributed by atoms with E-state index in [-0.39, 0.29) is 59.5 Å². The Morgan fingerprint density at radius 3 is 2.44 bits per heavy atom. The highest BCUT2D eigenvalue weighted by Crippen LogP contribution is 2.43. The van der Waals surface area contributed by atoms with Gasteiger partial charge in [-0.05, 0) is 60.5 Å². The Morgan fingerprint density at radius 2 is 1.74 bits per heavy atom. The molecule has 0 amide bonds. The predicted molar refractivity (Wildman–Crippen MR) is 142 cm³/mol. The van der Waals surface area contributed by atoms with Crippen molar-refractivity contribution in [3.05, 3.63) is 65.5 Å². The molecule has 0 aliphatic rings. The zero-order chi connectivity index (χ0) is 28.3. The summed E-state index contributed by atoms with van der Waals surface area (Å²) in [6, 6.07) is 11.5. The molecule has 3 aromatic carbocycles. The van der Waals surface area contributed by atoms with Crippen LogP contribution in [0.4, 0.5) is 4.39 Å². The maximum atomic E-state index is 14.2. The van der Waals surface area contributed by atoms with Gasteiger partial charge in [0.2, 0.25) is 0 Å². The van der Waals surface area contributed by atoms with Gasteiger partial charge in [-0.2, -0.15) is 0 Å². The molecule has 0 fully saturated rings. The standard InChI is InChI=1S/C28H27FN4O6/c1-14(34)38-8-7-17(13-39-15(2)35)18-9-21(20-12-19(29)4-6-25(20)36)26(37)22(10-18)28-32-23-5-3-16(27(30)31)11-24(23)33-28/h3-6,9-12,17,36-37H,7-8,13H2,1-2H3,(H3,30,31)(H,32,33). The van der Waals surface area contributed by atoms with Crippen LogP contribution >= 0.6 is 0 Å². The quantitative estimate of drug-likeness (QED) is 0.120. The Hall–Kier alpha value is -4.93. The number of nitrogens with zero attached hydrogens (tertiary/aromatic N) is 1. The molecule has 0 saturated carbocycles. The third-order valence-corrected chi connectivity index (χ3v) is 6.16. The number of carbonyl (C=O) groups excluding carboxylic acids is 2. The highest BCUT2D eigenvalue weighted by Gasteiger charge is 2.23. The molecule has 10 nitrogen and oxygen atoms in total. The molecule has 0 radical (unpaired) electrons. The SMILES string of the molecule is CC(=O)OCCC(COC(C)=O)c1cc(-c2nc3ccc(C(=N)N)cc3[nH]2)c(O)c(-c2cc(F)ccc2O)c1. The fourth-order valence-electron chi connectivity index (χ4n) is 4.22. The third-order valence-electron chi connectivity index (χ3n) is 6.16. The summed E-state index contributed by atoms with van der Waals surface area (Å²) in [4.78, 5) is 30.6. The molecule has 1 unspecified atom stereocenters. The van der Waals surface area contributed by atoms with Crippen LogP contribution in [0.1, 0.15) is 37.3 Å². The summed E-state index contributed by atoms with van der Waals surface area (Å²) in [7, 11) is 0. The fraction of sp³-hybridized carbons (Fsp3) is 0.214. The number of aromatic hydroxyl groups is 2. The number of halogens is 1. The fourth-order valence-corrected chi connectivity index (χ4v) is 4.22. The lowest BCUT2D eigenvalue weighted by molar-refractivity contribution is -0.144. The van der Waals surface area contributed by atoms with Gasteiger partial charge in [0.15, 0.2) is 0 Å². The van der Waals surface area contributed by atoms with Gasteiger partial charge in [-0.1, -0.05) is 0 Å². The van der Waals surface area contributed by atoms with E-state index in [1.165, 1.54) is 19.9 Å². The third kappa shape index (κ3) is 6.15. The van der Waals surface area contributed by atoms with Crippen molar-refractivity contribution in [3.8, 4) is 34.0 Å². The maximum absolute atomic E-state index is 14.2. The first-order valence-electron chi connectivity index (χ1n) is 12.0. The largest absolute Gasteiger partial charge is 0.507 e. The lowest BCUT2D eigenvalue weighted by Gasteiger charge is -2.20. The molecule has 202 valence electrons. The topological polar surface area (TPSA) is 172 Å². The first-order chi connectivity index (χ1) is 18.5. The number of aromatic nitrogens is 2. The number of hydrogen-bond donors (Lipinski definition) is 5. The molecule has 1 heterocycles. The van der Waals surface area contributed by atoms with E-state index in [1.54, 1.807) is 30.3 Å². The molecular formula is C28H27FN4O6. The molecule has 0 saturated heterocycles. The van der Waals surface area contributed by atoms with E-state index in [2.05, 4.69) is 9.97 Å². The van der Waals surface area contributed by atoms with Gasteiger partial charge in [0.1, 0.15) is 29.0 Å². The molecule has 39 heavy (non-hydrogen) atoms. The number of ether oxygens (including phenoxy) is 2. The zero-order valence-corrected chi connectivity index (χ0v) is 21.2. The van der Waals surface area contributed by atoms with E-state index in [4.69, 9.17) is 20.6 Å². The number of amidine groups is 1. The van der Waals surface area contributed by atoms with Crippen LogP contribution in [0.5, 0.6) is 11.5 Å². The number of nitrogen functional groups attached to an aromatic ring is 1. The normalized spacial score (nSPS) is 11.8. The van der Waals surface area contributed by atoms with E-state index in [0.29, 0.717) is 22.2 Å². The van der Waals surface area contributed by atoms with E-state index >= 15 is 0 Å². The summed E-state index contributed by atoms with van der Waals surface area (Å²) in [5.41, 5.74) is 8.13. The van der Waals surface area contributed by atoms with Crippen molar-refractivity contribution in [2.45, 2.75) is 26.2 Å². The number of esters is 2. The summed E-state index contributed by atoms with van der Waals surface area (Å²) >= 11 is 0. The van der Waals surface area contributed by atoms with Crippen molar-refractivity contribution in [2.24, 2.45) is 5.73 Å². The average molecular weight is 535 g/mol. The van der Waals surface area contributed by atoms with Crippen LogP contribution in [-0.2, 0) is 19.1 Å². The second-order valence-electron chi connectivity index (χ2n) is 8.99. The van der Waals surface area contributed by atoms with E-state index in [1.807, 2.05) is 0 Å². The number of benzene rings is 3. The molecule has 1 atom stereocenters. The van der Waals surface area contributed by atoms with Crippen LogP contribution in [-0.4, -0.2) is 51.2 Å². The van der Waals surface area contributed by atoms with Crippen LogP contribution in [0.2, 0.25) is 0 Å². The minimum atomic E-state index is -0.624. The number of nitrogens with one attached hydrogen (secondary N) is 2. The summed E-state index contributed by atoms with van der Waals surface area (Å²) < 4.78 is 24.5. The number of aromatic amines is 1. The second kappa shape index (κ2) is 11.2. The first-order valence-corrected chi connectivity index (χ1v) is 12.0. The number of imidazole rings is 1. The molecule has 0 aliphatic carbocycles. The van der Waals surface area contributed by atoms with Gasteiger partial charge in [-0.15, -0.1) is 0 Å². The van der Waals surface area contributed by atoms with Crippen LogP contribution < -0.4 is 5.73 Å². The predicted octanol–water partition coefficient (Wildman–Crippen LogP) is 4.33. The smallest absolute Gasteiger partial charge is 0.302 e. The number of phenols is 2. The molecule has 11 heteroatoms. The highest BCUT2D eigenvalue weighted by molar-refractivity contribution is 5.98. The number of carbonyl (C=O) groups is 2.